The largest absolute Gasteiger partial charge is 0.480 e. The van der Waals surface area contributed by atoms with E-state index >= 15 is 0 Å². The third-order valence-electron chi connectivity index (χ3n) is 4.08. The SMILES string of the molecule is O=C(O)C1CCCN1C(=O)Cc1cccc2ccccc12. The molecule has 0 aliphatic carbocycles. The molecule has 4 heteroatoms. The number of carbonyl (C=O) groups is 2. The van der Waals surface area contributed by atoms with Crippen molar-refractivity contribution in [3.63, 3.8) is 0 Å². The molecule has 1 aliphatic heterocycles. The van der Waals surface area contributed by atoms with Crippen molar-refractivity contribution < 1.29 is 14.7 Å². The van der Waals surface area contributed by atoms with E-state index in [1.165, 1.54) is 4.90 Å². The predicted octanol–water partition coefficient (Wildman–Crippen LogP) is 2.46. The highest BCUT2D eigenvalue weighted by Gasteiger charge is 2.33. The van der Waals surface area contributed by atoms with E-state index in [2.05, 4.69) is 0 Å². The molecule has 3 rings (SSSR count). The second kappa shape index (κ2) is 5.56. The molecule has 0 bridgehead atoms. The molecule has 1 heterocycles. The minimum absolute atomic E-state index is 0.101. The zero-order chi connectivity index (χ0) is 14.8. The Hall–Kier alpha value is -2.36. The normalized spacial score (nSPS) is 18.1. The first-order valence-corrected chi connectivity index (χ1v) is 7.16. The number of carboxylic acid groups (broad SMARTS) is 1. The van der Waals surface area contributed by atoms with Crippen LogP contribution in [0.15, 0.2) is 42.5 Å². The molecule has 1 atom stereocenters. The van der Waals surface area contributed by atoms with Gasteiger partial charge >= 0.3 is 5.97 Å². The second-order valence-corrected chi connectivity index (χ2v) is 5.40. The van der Waals surface area contributed by atoms with Gasteiger partial charge in [-0.3, -0.25) is 4.79 Å². The summed E-state index contributed by atoms with van der Waals surface area (Å²) >= 11 is 0. The summed E-state index contributed by atoms with van der Waals surface area (Å²) in [5.41, 5.74) is 0.953. The van der Waals surface area contributed by atoms with Gasteiger partial charge in [0.2, 0.25) is 5.91 Å². The summed E-state index contributed by atoms with van der Waals surface area (Å²) in [5, 5.41) is 11.3. The zero-order valence-electron chi connectivity index (χ0n) is 11.7. The number of rotatable bonds is 3. The molecular formula is C17H17NO3. The van der Waals surface area contributed by atoms with Crippen LogP contribution in [0.5, 0.6) is 0 Å². The van der Waals surface area contributed by atoms with Crippen LogP contribution < -0.4 is 0 Å². The van der Waals surface area contributed by atoms with E-state index in [0.29, 0.717) is 13.0 Å². The topological polar surface area (TPSA) is 57.6 Å². The van der Waals surface area contributed by atoms with E-state index < -0.39 is 12.0 Å². The van der Waals surface area contributed by atoms with Gasteiger partial charge in [0, 0.05) is 6.54 Å². The van der Waals surface area contributed by atoms with Gasteiger partial charge in [-0.2, -0.15) is 0 Å². The number of carbonyl (C=O) groups excluding carboxylic acids is 1. The summed E-state index contributed by atoms with van der Waals surface area (Å²) in [6.07, 6.45) is 1.57. The quantitative estimate of drug-likeness (QED) is 0.941. The molecule has 1 N–H and O–H groups in total. The Balaban J connectivity index is 1.85. The van der Waals surface area contributed by atoms with E-state index in [1.807, 2.05) is 42.5 Å². The molecule has 4 nitrogen and oxygen atoms in total. The van der Waals surface area contributed by atoms with Crippen LogP contribution in [0.1, 0.15) is 18.4 Å². The summed E-state index contributed by atoms with van der Waals surface area (Å²) in [6.45, 7) is 0.542. The number of aliphatic carboxylic acids is 1. The van der Waals surface area contributed by atoms with Gasteiger partial charge in [-0.25, -0.2) is 4.79 Å². The fourth-order valence-corrected chi connectivity index (χ4v) is 3.03. The third kappa shape index (κ3) is 2.61. The molecule has 1 unspecified atom stereocenters. The first kappa shape index (κ1) is 13.6. The lowest BCUT2D eigenvalue weighted by Crippen LogP contribution is -2.41. The van der Waals surface area contributed by atoms with Crippen LogP contribution in [0.25, 0.3) is 10.8 Å². The maximum atomic E-state index is 12.4. The van der Waals surface area contributed by atoms with Crippen LogP contribution in [-0.2, 0) is 16.0 Å². The highest BCUT2D eigenvalue weighted by molar-refractivity contribution is 5.91. The lowest BCUT2D eigenvalue weighted by atomic mass is 10.0. The van der Waals surface area contributed by atoms with Crippen molar-refractivity contribution in [1.82, 2.24) is 4.90 Å². The maximum Gasteiger partial charge on any atom is 0.326 e. The molecule has 2 aromatic carbocycles. The van der Waals surface area contributed by atoms with Crippen LogP contribution >= 0.6 is 0 Å². The average molecular weight is 283 g/mol. The highest BCUT2D eigenvalue weighted by atomic mass is 16.4. The average Bonchev–Trinajstić information content (AvgIpc) is 2.97. The fourth-order valence-electron chi connectivity index (χ4n) is 3.03. The third-order valence-corrected chi connectivity index (χ3v) is 4.08. The Bertz CT molecular complexity index is 690. The number of hydrogen-bond donors (Lipinski definition) is 1. The van der Waals surface area contributed by atoms with Gasteiger partial charge in [0.25, 0.3) is 0 Å². The zero-order valence-corrected chi connectivity index (χ0v) is 11.7. The molecule has 0 aromatic heterocycles. The van der Waals surface area contributed by atoms with E-state index in [4.69, 9.17) is 0 Å². The minimum atomic E-state index is -0.904. The van der Waals surface area contributed by atoms with E-state index in [-0.39, 0.29) is 12.3 Å². The first-order chi connectivity index (χ1) is 10.2. The van der Waals surface area contributed by atoms with Crippen molar-refractivity contribution in [3.05, 3.63) is 48.0 Å². The van der Waals surface area contributed by atoms with Crippen molar-refractivity contribution in [1.29, 1.82) is 0 Å². The number of fused-ring (bicyclic) bond motifs is 1. The molecule has 1 fully saturated rings. The lowest BCUT2D eigenvalue weighted by molar-refractivity contribution is -0.147. The van der Waals surface area contributed by atoms with Crippen molar-refractivity contribution in [2.24, 2.45) is 0 Å². The van der Waals surface area contributed by atoms with E-state index in [1.54, 1.807) is 0 Å². The summed E-state index contributed by atoms with van der Waals surface area (Å²) in [4.78, 5) is 25.1. The Morgan fingerprint density at radius 3 is 2.71 bits per heavy atom. The van der Waals surface area contributed by atoms with Crippen LogP contribution in [0.4, 0.5) is 0 Å². The smallest absolute Gasteiger partial charge is 0.326 e. The minimum Gasteiger partial charge on any atom is -0.480 e. The van der Waals surface area contributed by atoms with Crippen LogP contribution in [0, 0.1) is 0 Å². The number of amides is 1. The molecule has 0 saturated carbocycles. The molecule has 1 aliphatic rings. The van der Waals surface area contributed by atoms with Gasteiger partial charge < -0.3 is 10.0 Å². The molecule has 108 valence electrons. The first-order valence-electron chi connectivity index (χ1n) is 7.16. The van der Waals surface area contributed by atoms with Crippen LogP contribution in [0.3, 0.4) is 0 Å². The second-order valence-electron chi connectivity index (χ2n) is 5.40. The Labute approximate surface area is 123 Å². The summed E-state index contributed by atoms with van der Waals surface area (Å²) in [6, 6.07) is 13.2. The predicted molar refractivity (Wildman–Crippen MR) is 80.0 cm³/mol. The number of carboxylic acids is 1. The Morgan fingerprint density at radius 1 is 1.14 bits per heavy atom. The fraction of sp³-hybridized carbons (Fsp3) is 0.294. The van der Waals surface area contributed by atoms with Gasteiger partial charge in [0.05, 0.1) is 6.42 Å². The van der Waals surface area contributed by atoms with Crippen molar-refractivity contribution in [2.75, 3.05) is 6.54 Å². The summed E-state index contributed by atoms with van der Waals surface area (Å²) in [7, 11) is 0. The van der Waals surface area contributed by atoms with Crippen LogP contribution in [0.2, 0.25) is 0 Å². The number of nitrogens with zero attached hydrogens (tertiary/aromatic N) is 1. The molecule has 1 saturated heterocycles. The molecule has 0 radical (unpaired) electrons. The molecule has 2 aromatic rings. The van der Waals surface area contributed by atoms with Gasteiger partial charge in [-0.05, 0) is 29.2 Å². The van der Waals surface area contributed by atoms with Crippen LogP contribution in [-0.4, -0.2) is 34.5 Å². The van der Waals surface area contributed by atoms with E-state index in [0.717, 1.165) is 22.8 Å². The summed E-state index contributed by atoms with van der Waals surface area (Å²) < 4.78 is 0. The maximum absolute atomic E-state index is 12.4. The summed E-state index contributed by atoms with van der Waals surface area (Å²) in [5.74, 6) is -1.00. The van der Waals surface area contributed by atoms with Crippen molar-refractivity contribution in [3.8, 4) is 0 Å². The number of hydrogen-bond acceptors (Lipinski definition) is 2. The van der Waals surface area contributed by atoms with Gasteiger partial charge in [0.1, 0.15) is 6.04 Å². The van der Waals surface area contributed by atoms with E-state index in [9.17, 15) is 14.7 Å². The Kier molecular flexibility index (Phi) is 3.60. The number of likely N-dealkylation sites (tertiary alicyclic amines) is 1. The van der Waals surface area contributed by atoms with Crippen molar-refractivity contribution >= 4 is 22.6 Å². The van der Waals surface area contributed by atoms with Crippen molar-refractivity contribution in [2.45, 2.75) is 25.3 Å². The molecular weight excluding hydrogens is 266 g/mol. The molecule has 0 spiro atoms. The van der Waals surface area contributed by atoms with Gasteiger partial charge in [-0.1, -0.05) is 42.5 Å². The Morgan fingerprint density at radius 2 is 1.90 bits per heavy atom. The van der Waals surface area contributed by atoms with Gasteiger partial charge in [-0.15, -0.1) is 0 Å². The van der Waals surface area contributed by atoms with Gasteiger partial charge in [0.15, 0.2) is 0 Å². The molecule has 1 amide bonds. The highest BCUT2D eigenvalue weighted by Crippen LogP contribution is 2.22. The molecule has 21 heavy (non-hydrogen) atoms. The lowest BCUT2D eigenvalue weighted by Gasteiger charge is -2.21. The number of benzene rings is 2. The monoisotopic (exact) mass is 283 g/mol. The standard InChI is InChI=1S/C17H17NO3/c19-16(18-10-4-9-15(18)17(20)21)11-13-7-3-6-12-5-1-2-8-14(12)13/h1-3,5-8,15H,4,9-11H2,(H,20,21).